The van der Waals surface area contributed by atoms with Gasteiger partial charge in [-0.2, -0.15) is 5.10 Å². The zero-order valence-corrected chi connectivity index (χ0v) is 18.4. The number of anilines is 1. The van der Waals surface area contributed by atoms with E-state index in [-0.39, 0.29) is 16.8 Å². The molecule has 0 spiro atoms. The number of nitrogens with zero attached hydrogens (tertiary/aromatic N) is 2. The molecule has 0 unspecified atom stereocenters. The van der Waals surface area contributed by atoms with E-state index >= 15 is 0 Å². The van der Waals surface area contributed by atoms with Crippen molar-refractivity contribution in [1.82, 2.24) is 9.78 Å². The Labute approximate surface area is 199 Å². The maximum absolute atomic E-state index is 12.6. The minimum absolute atomic E-state index is 0.261. The van der Waals surface area contributed by atoms with E-state index in [0.717, 1.165) is 17.3 Å². The number of carbonyl (C=O) groups is 2. The quantitative estimate of drug-likeness (QED) is 0.372. The van der Waals surface area contributed by atoms with Gasteiger partial charge < -0.3 is 14.5 Å². The van der Waals surface area contributed by atoms with Crippen LogP contribution in [0.1, 0.15) is 10.6 Å². The van der Waals surface area contributed by atoms with Crippen LogP contribution < -0.4 is 10.7 Å². The lowest BCUT2D eigenvalue weighted by Gasteiger charge is -2.09. The molecule has 0 bridgehead atoms. The van der Waals surface area contributed by atoms with Gasteiger partial charge in [-0.1, -0.05) is 60.7 Å². The molecule has 172 valence electrons. The molecule has 0 saturated heterocycles. The fraction of sp³-hybridized carbons (Fsp3) is 0.0370. The average Bonchev–Trinajstić information content (AvgIpc) is 3.32. The molecule has 1 amide bonds. The smallest absolute Gasteiger partial charge is 0.374 e. The molecule has 2 heterocycles. The Morgan fingerprint density at radius 2 is 1.57 bits per heavy atom. The Kier molecular flexibility index (Phi) is 5.92. The number of para-hydroxylation sites is 2. The maximum atomic E-state index is 12.6. The predicted molar refractivity (Wildman–Crippen MR) is 130 cm³/mol. The van der Waals surface area contributed by atoms with E-state index in [1.54, 1.807) is 35.0 Å². The van der Waals surface area contributed by atoms with Gasteiger partial charge in [-0.05, 0) is 24.3 Å². The maximum Gasteiger partial charge on any atom is 0.374 e. The highest BCUT2D eigenvalue weighted by Gasteiger charge is 2.18. The number of rotatable bonds is 6. The molecule has 0 aliphatic rings. The van der Waals surface area contributed by atoms with Gasteiger partial charge in [0.25, 0.3) is 5.91 Å². The molecule has 0 saturated carbocycles. The summed E-state index contributed by atoms with van der Waals surface area (Å²) in [5, 5.41) is 7.72. The third-order valence-corrected chi connectivity index (χ3v) is 5.22. The van der Waals surface area contributed by atoms with E-state index in [1.807, 2.05) is 60.7 Å². The number of ether oxygens (including phenoxy) is 1. The first-order valence-corrected chi connectivity index (χ1v) is 10.8. The van der Waals surface area contributed by atoms with Gasteiger partial charge in [0.05, 0.1) is 16.8 Å². The van der Waals surface area contributed by atoms with Crippen molar-refractivity contribution < 1.29 is 18.7 Å². The van der Waals surface area contributed by atoms with E-state index in [4.69, 9.17) is 9.15 Å². The molecule has 1 N–H and O–H groups in total. The van der Waals surface area contributed by atoms with Gasteiger partial charge in [0, 0.05) is 17.7 Å². The van der Waals surface area contributed by atoms with Crippen LogP contribution in [0.3, 0.4) is 0 Å². The van der Waals surface area contributed by atoms with E-state index < -0.39 is 18.5 Å². The van der Waals surface area contributed by atoms with Crippen molar-refractivity contribution in [3.05, 3.63) is 113 Å². The fourth-order valence-electron chi connectivity index (χ4n) is 3.57. The Balaban J connectivity index is 1.34. The molecule has 3 aromatic carbocycles. The van der Waals surface area contributed by atoms with Crippen molar-refractivity contribution in [2.45, 2.75) is 0 Å². The van der Waals surface area contributed by atoms with Crippen LogP contribution >= 0.6 is 0 Å². The van der Waals surface area contributed by atoms with Crippen LogP contribution in [0.25, 0.3) is 27.9 Å². The summed E-state index contributed by atoms with van der Waals surface area (Å²) in [5.41, 5.74) is 2.19. The van der Waals surface area contributed by atoms with Gasteiger partial charge in [-0.3, -0.25) is 9.59 Å². The Hall–Kier alpha value is -4.98. The van der Waals surface area contributed by atoms with Crippen LogP contribution in [0.2, 0.25) is 0 Å². The van der Waals surface area contributed by atoms with Gasteiger partial charge >= 0.3 is 5.97 Å². The lowest BCUT2D eigenvalue weighted by molar-refractivity contribution is -0.119. The van der Waals surface area contributed by atoms with Crippen LogP contribution in [-0.4, -0.2) is 28.3 Å². The third-order valence-electron chi connectivity index (χ3n) is 5.22. The molecule has 8 nitrogen and oxygen atoms in total. The monoisotopic (exact) mass is 465 g/mol. The summed E-state index contributed by atoms with van der Waals surface area (Å²) in [4.78, 5) is 37.3. The third kappa shape index (κ3) is 4.72. The SMILES string of the molecule is O=C(COC(=O)c1cc(=O)c2ccccc2o1)Nc1cc(-c2ccccc2)nn1-c1ccccc1. The Morgan fingerprint density at radius 1 is 0.886 bits per heavy atom. The second-order valence-electron chi connectivity index (χ2n) is 7.62. The van der Waals surface area contributed by atoms with E-state index in [2.05, 4.69) is 10.4 Å². The zero-order valence-electron chi connectivity index (χ0n) is 18.4. The van der Waals surface area contributed by atoms with Gasteiger partial charge in [-0.15, -0.1) is 0 Å². The Morgan fingerprint density at radius 3 is 2.34 bits per heavy atom. The highest BCUT2D eigenvalue weighted by molar-refractivity contribution is 5.95. The minimum atomic E-state index is -0.912. The van der Waals surface area contributed by atoms with Gasteiger partial charge in [0.15, 0.2) is 12.0 Å². The standard InChI is InChI=1S/C27H19N3O5/c31-22-16-24(35-23-14-8-7-13-20(22)23)27(33)34-17-26(32)28-25-15-21(18-9-3-1-4-10-18)29-30(25)19-11-5-2-6-12-19/h1-16H,17H2,(H,28,32). The van der Waals surface area contributed by atoms with Crippen molar-refractivity contribution in [1.29, 1.82) is 0 Å². The summed E-state index contributed by atoms with van der Waals surface area (Å²) in [7, 11) is 0. The van der Waals surface area contributed by atoms with Gasteiger partial charge in [-0.25, -0.2) is 9.48 Å². The van der Waals surface area contributed by atoms with E-state index in [0.29, 0.717) is 16.9 Å². The largest absolute Gasteiger partial charge is 0.450 e. The first kappa shape index (κ1) is 21.8. The van der Waals surface area contributed by atoms with E-state index in [9.17, 15) is 14.4 Å². The van der Waals surface area contributed by atoms with Crippen molar-refractivity contribution in [3.63, 3.8) is 0 Å². The van der Waals surface area contributed by atoms with Crippen LogP contribution in [-0.2, 0) is 9.53 Å². The van der Waals surface area contributed by atoms with E-state index in [1.165, 1.54) is 0 Å². The van der Waals surface area contributed by atoms with Crippen molar-refractivity contribution in [2.24, 2.45) is 0 Å². The molecule has 8 heteroatoms. The summed E-state index contributed by atoms with van der Waals surface area (Å²) in [6.45, 7) is -0.573. The lowest BCUT2D eigenvalue weighted by Crippen LogP contribution is -2.22. The summed E-state index contributed by atoms with van der Waals surface area (Å²) < 4.78 is 12.2. The number of fused-ring (bicyclic) bond motifs is 1. The number of hydrogen-bond acceptors (Lipinski definition) is 6. The molecular formula is C27H19N3O5. The second kappa shape index (κ2) is 9.48. The first-order valence-electron chi connectivity index (χ1n) is 10.8. The molecule has 0 fully saturated rings. The Bertz CT molecular complexity index is 1570. The second-order valence-corrected chi connectivity index (χ2v) is 7.62. The number of nitrogens with one attached hydrogen (secondary N) is 1. The number of amides is 1. The van der Waals surface area contributed by atoms with Crippen LogP contribution in [0.4, 0.5) is 5.82 Å². The minimum Gasteiger partial charge on any atom is -0.450 e. The molecule has 2 aromatic heterocycles. The average molecular weight is 465 g/mol. The fourth-order valence-corrected chi connectivity index (χ4v) is 3.57. The summed E-state index contributed by atoms with van der Waals surface area (Å²) in [6.07, 6.45) is 0. The summed E-state index contributed by atoms with van der Waals surface area (Å²) in [6, 6.07) is 28.2. The lowest BCUT2D eigenvalue weighted by atomic mass is 10.2. The highest BCUT2D eigenvalue weighted by atomic mass is 16.5. The number of esters is 1. The van der Waals surface area contributed by atoms with Crippen LogP contribution in [0, 0.1) is 0 Å². The number of carbonyl (C=O) groups excluding carboxylic acids is 2. The molecule has 0 radical (unpaired) electrons. The molecular weight excluding hydrogens is 446 g/mol. The molecule has 0 aliphatic carbocycles. The molecule has 0 aliphatic heterocycles. The van der Waals surface area contributed by atoms with Crippen molar-refractivity contribution in [3.8, 4) is 16.9 Å². The zero-order chi connectivity index (χ0) is 24.2. The molecule has 5 rings (SSSR count). The van der Waals surface area contributed by atoms with Crippen LogP contribution in [0.15, 0.2) is 106 Å². The molecule has 0 atom stereocenters. The summed E-state index contributed by atoms with van der Waals surface area (Å²) >= 11 is 0. The highest BCUT2D eigenvalue weighted by Crippen LogP contribution is 2.24. The van der Waals surface area contributed by atoms with Crippen molar-refractivity contribution >= 4 is 28.7 Å². The van der Waals surface area contributed by atoms with Gasteiger partial charge in [0.2, 0.25) is 5.76 Å². The summed E-state index contributed by atoms with van der Waals surface area (Å²) in [5.74, 6) is -1.35. The van der Waals surface area contributed by atoms with Crippen LogP contribution in [0.5, 0.6) is 0 Å². The van der Waals surface area contributed by atoms with Crippen molar-refractivity contribution in [2.75, 3.05) is 11.9 Å². The number of aromatic nitrogens is 2. The normalized spacial score (nSPS) is 10.7. The first-order chi connectivity index (χ1) is 17.1. The van der Waals surface area contributed by atoms with Gasteiger partial charge in [0.1, 0.15) is 11.4 Å². The predicted octanol–water partition coefficient (Wildman–Crippen LogP) is 4.44. The molecule has 5 aromatic rings. The topological polar surface area (TPSA) is 103 Å². The number of hydrogen-bond donors (Lipinski definition) is 1. The number of benzene rings is 3. The molecule has 35 heavy (non-hydrogen) atoms.